The third kappa shape index (κ3) is 2.64. The normalized spacial score (nSPS) is 10.7. The summed E-state index contributed by atoms with van der Waals surface area (Å²) in [6.45, 7) is 0. The lowest BCUT2D eigenvalue weighted by Gasteiger charge is -2.11. The van der Waals surface area contributed by atoms with Crippen molar-refractivity contribution < 1.29 is 0 Å². The third-order valence-electron chi connectivity index (χ3n) is 5.17. The van der Waals surface area contributed by atoms with Gasteiger partial charge in [-0.2, -0.15) is 10.5 Å². The maximum Gasteiger partial charge on any atom is 0.0998 e. The van der Waals surface area contributed by atoms with Crippen LogP contribution in [0.15, 0.2) is 85.2 Å². The number of para-hydroxylation sites is 1. The second-order valence-corrected chi connectivity index (χ2v) is 6.77. The van der Waals surface area contributed by atoms with E-state index in [4.69, 9.17) is 0 Å². The van der Waals surface area contributed by atoms with Crippen molar-refractivity contribution in [2.45, 2.75) is 0 Å². The van der Waals surface area contributed by atoms with Gasteiger partial charge in [-0.3, -0.25) is 4.98 Å². The number of benzene rings is 3. The van der Waals surface area contributed by atoms with E-state index < -0.39 is 0 Å². The zero-order valence-electron chi connectivity index (χ0n) is 15.4. The van der Waals surface area contributed by atoms with Crippen molar-refractivity contribution in [3.63, 3.8) is 0 Å². The number of hydrogen-bond acceptors (Lipinski definition) is 3. The summed E-state index contributed by atoms with van der Waals surface area (Å²) in [6.07, 6.45) is 3.46. The summed E-state index contributed by atoms with van der Waals surface area (Å²) in [5, 5.41) is 21.0. The number of nitriles is 2. The molecule has 0 amide bonds. The van der Waals surface area contributed by atoms with Crippen LogP contribution >= 0.6 is 0 Å². The van der Waals surface area contributed by atoms with Crippen molar-refractivity contribution in [3.05, 3.63) is 96.3 Å². The molecule has 2 heterocycles. The number of aromatic nitrogens is 2. The highest BCUT2D eigenvalue weighted by Crippen LogP contribution is 2.34. The van der Waals surface area contributed by atoms with Gasteiger partial charge in [-0.25, -0.2) is 0 Å². The molecule has 4 heteroatoms. The van der Waals surface area contributed by atoms with E-state index in [1.165, 1.54) is 0 Å². The summed E-state index contributed by atoms with van der Waals surface area (Å²) in [6, 6.07) is 28.1. The Morgan fingerprint density at radius 3 is 2.31 bits per heavy atom. The standard InChI is InChI=1S/C25H14N4/c26-15-17-5-8-25-23(13-17)21-3-1-2-4-24(21)29(25)20-7-6-19(16-27)22(14-20)18-9-11-28-12-10-18/h1-14H. The maximum atomic E-state index is 9.60. The number of hydrogen-bond donors (Lipinski definition) is 0. The van der Waals surface area contributed by atoms with Crippen molar-refractivity contribution in [1.29, 1.82) is 10.5 Å². The fourth-order valence-corrected chi connectivity index (χ4v) is 3.86. The molecule has 5 aromatic rings. The van der Waals surface area contributed by atoms with Gasteiger partial charge in [0.15, 0.2) is 0 Å². The van der Waals surface area contributed by atoms with Gasteiger partial charge in [0.05, 0.1) is 34.3 Å². The third-order valence-corrected chi connectivity index (χ3v) is 5.17. The summed E-state index contributed by atoms with van der Waals surface area (Å²) in [5.74, 6) is 0. The van der Waals surface area contributed by atoms with Crippen LogP contribution in [0.25, 0.3) is 38.6 Å². The van der Waals surface area contributed by atoms with Gasteiger partial charge in [0.2, 0.25) is 0 Å². The van der Waals surface area contributed by atoms with E-state index in [0.29, 0.717) is 11.1 Å². The molecule has 0 atom stereocenters. The summed E-state index contributed by atoms with van der Waals surface area (Å²) < 4.78 is 2.18. The predicted octanol–water partition coefficient (Wildman–Crippen LogP) is 5.59. The number of rotatable bonds is 2. The molecule has 3 aromatic carbocycles. The smallest absolute Gasteiger partial charge is 0.0998 e. The Kier molecular flexibility index (Phi) is 3.83. The highest BCUT2D eigenvalue weighted by molar-refractivity contribution is 6.09. The first kappa shape index (κ1) is 16.7. The van der Waals surface area contributed by atoms with E-state index in [1.807, 2.05) is 60.7 Å². The van der Waals surface area contributed by atoms with Gasteiger partial charge in [0, 0.05) is 34.4 Å². The minimum absolute atomic E-state index is 0.618. The molecule has 0 bridgehead atoms. The SMILES string of the molecule is N#Cc1ccc2c(c1)c1ccccc1n2-c1ccc(C#N)c(-c2ccncc2)c1. The summed E-state index contributed by atoms with van der Waals surface area (Å²) in [4.78, 5) is 4.08. The largest absolute Gasteiger partial charge is 0.309 e. The highest BCUT2D eigenvalue weighted by atomic mass is 15.0. The molecule has 0 aliphatic rings. The molecule has 2 aromatic heterocycles. The van der Waals surface area contributed by atoms with Gasteiger partial charge in [-0.05, 0) is 60.2 Å². The van der Waals surface area contributed by atoms with E-state index in [1.54, 1.807) is 12.4 Å². The quantitative estimate of drug-likeness (QED) is 0.407. The zero-order valence-corrected chi connectivity index (χ0v) is 15.4. The lowest BCUT2D eigenvalue weighted by atomic mass is 10.0. The summed E-state index contributed by atoms with van der Waals surface area (Å²) in [5.41, 5.74) is 6.12. The van der Waals surface area contributed by atoms with Crippen LogP contribution < -0.4 is 0 Å². The molecule has 0 saturated carbocycles. The van der Waals surface area contributed by atoms with Gasteiger partial charge < -0.3 is 4.57 Å². The van der Waals surface area contributed by atoms with Crippen LogP contribution in [-0.2, 0) is 0 Å². The average molecular weight is 370 g/mol. The molecule has 4 nitrogen and oxygen atoms in total. The van der Waals surface area contributed by atoms with E-state index in [9.17, 15) is 10.5 Å². The Bertz CT molecular complexity index is 1460. The molecule has 0 fully saturated rings. The van der Waals surface area contributed by atoms with E-state index >= 15 is 0 Å². The molecule has 134 valence electrons. The maximum absolute atomic E-state index is 9.60. The van der Waals surface area contributed by atoms with Crippen LogP contribution in [-0.4, -0.2) is 9.55 Å². The minimum Gasteiger partial charge on any atom is -0.309 e. The zero-order chi connectivity index (χ0) is 19.8. The van der Waals surface area contributed by atoms with Gasteiger partial charge in [0.1, 0.15) is 0 Å². The molecular formula is C25H14N4. The molecule has 5 rings (SSSR count). The first-order valence-corrected chi connectivity index (χ1v) is 9.18. The minimum atomic E-state index is 0.618. The van der Waals surface area contributed by atoms with Gasteiger partial charge in [-0.1, -0.05) is 18.2 Å². The van der Waals surface area contributed by atoms with Gasteiger partial charge >= 0.3 is 0 Å². The number of nitrogens with zero attached hydrogens (tertiary/aromatic N) is 4. The molecule has 0 N–H and O–H groups in total. The van der Waals surface area contributed by atoms with Crippen molar-refractivity contribution >= 4 is 21.8 Å². The summed E-state index contributed by atoms with van der Waals surface area (Å²) in [7, 11) is 0. The second-order valence-electron chi connectivity index (χ2n) is 6.77. The fraction of sp³-hybridized carbons (Fsp3) is 0. The van der Waals surface area contributed by atoms with Crippen LogP contribution in [0.4, 0.5) is 0 Å². The average Bonchev–Trinajstić information content (AvgIpc) is 3.13. The Morgan fingerprint density at radius 1 is 0.724 bits per heavy atom. The number of fused-ring (bicyclic) bond motifs is 3. The van der Waals surface area contributed by atoms with Crippen LogP contribution in [0.5, 0.6) is 0 Å². The second kappa shape index (κ2) is 6.64. The fourth-order valence-electron chi connectivity index (χ4n) is 3.86. The Labute approximate surface area is 167 Å². The van der Waals surface area contributed by atoms with Crippen molar-refractivity contribution in [1.82, 2.24) is 9.55 Å². The molecule has 0 unspecified atom stereocenters. The number of pyridine rings is 1. The molecule has 0 aliphatic heterocycles. The highest BCUT2D eigenvalue weighted by Gasteiger charge is 2.14. The van der Waals surface area contributed by atoms with Crippen LogP contribution in [0.2, 0.25) is 0 Å². The Hall–Kier alpha value is -4.41. The molecule has 0 aliphatic carbocycles. The molecule has 0 saturated heterocycles. The Morgan fingerprint density at radius 2 is 1.52 bits per heavy atom. The predicted molar refractivity (Wildman–Crippen MR) is 113 cm³/mol. The first-order chi connectivity index (χ1) is 14.3. The van der Waals surface area contributed by atoms with Crippen LogP contribution in [0.1, 0.15) is 11.1 Å². The van der Waals surface area contributed by atoms with E-state index in [0.717, 1.165) is 38.6 Å². The molecule has 29 heavy (non-hydrogen) atoms. The Balaban J connectivity index is 1.85. The van der Waals surface area contributed by atoms with Crippen LogP contribution in [0.3, 0.4) is 0 Å². The van der Waals surface area contributed by atoms with Crippen LogP contribution in [0, 0.1) is 22.7 Å². The molecule has 0 spiro atoms. The van der Waals surface area contributed by atoms with Crippen molar-refractivity contribution in [3.8, 4) is 29.0 Å². The molecule has 0 radical (unpaired) electrons. The van der Waals surface area contributed by atoms with E-state index in [-0.39, 0.29) is 0 Å². The molecular weight excluding hydrogens is 356 g/mol. The van der Waals surface area contributed by atoms with E-state index in [2.05, 4.69) is 33.8 Å². The first-order valence-electron chi connectivity index (χ1n) is 9.18. The van der Waals surface area contributed by atoms with Crippen molar-refractivity contribution in [2.75, 3.05) is 0 Å². The van der Waals surface area contributed by atoms with Gasteiger partial charge in [0.25, 0.3) is 0 Å². The lowest BCUT2D eigenvalue weighted by Crippen LogP contribution is -1.96. The lowest BCUT2D eigenvalue weighted by molar-refractivity contribution is 1.18. The topological polar surface area (TPSA) is 65.4 Å². The van der Waals surface area contributed by atoms with Crippen molar-refractivity contribution in [2.24, 2.45) is 0 Å². The van der Waals surface area contributed by atoms with Gasteiger partial charge in [-0.15, -0.1) is 0 Å². The summed E-state index contributed by atoms with van der Waals surface area (Å²) >= 11 is 0. The monoisotopic (exact) mass is 370 g/mol.